The number of ether oxygens (including phenoxy) is 1. The molecule has 0 aliphatic heterocycles. The molecule has 124 valence electrons. The Kier molecular flexibility index (Phi) is 5.26. The predicted molar refractivity (Wildman–Crippen MR) is 86.0 cm³/mol. The van der Waals surface area contributed by atoms with Crippen molar-refractivity contribution in [2.24, 2.45) is 7.05 Å². The molecule has 0 fully saturated rings. The molecule has 1 aromatic heterocycles. The lowest BCUT2D eigenvalue weighted by atomic mass is 10.1. The Morgan fingerprint density at radius 1 is 1.43 bits per heavy atom. The molecule has 1 heterocycles. The highest BCUT2D eigenvalue weighted by atomic mass is 35.5. The summed E-state index contributed by atoms with van der Waals surface area (Å²) in [7, 11) is 1.83. The average Bonchev–Trinajstić information content (AvgIpc) is 2.80. The Bertz CT molecular complexity index is 717. The summed E-state index contributed by atoms with van der Waals surface area (Å²) in [6.45, 7) is 5.37. The summed E-state index contributed by atoms with van der Waals surface area (Å²) in [5, 5.41) is 7.25. The van der Waals surface area contributed by atoms with Gasteiger partial charge in [-0.05, 0) is 39.0 Å². The molecule has 0 aliphatic rings. The van der Waals surface area contributed by atoms with Crippen LogP contribution in [0.15, 0.2) is 24.4 Å². The minimum absolute atomic E-state index is 0.126. The second-order valence-corrected chi connectivity index (χ2v) is 5.82. The molecule has 7 heteroatoms. The maximum Gasteiger partial charge on any atom is 0.261 e. The molecule has 0 aliphatic carbocycles. The Balaban J connectivity index is 2.01. The van der Waals surface area contributed by atoms with Crippen LogP contribution in [0.1, 0.15) is 31.1 Å². The van der Waals surface area contributed by atoms with E-state index >= 15 is 0 Å². The average molecular weight is 340 g/mol. The minimum atomic E-state index is -0.766. The standard InChI is InChI=1S/C16H19ClFN3O2/c1-9(13-8-21(4)20-10(13)2)19-16(22)11(3)23-15-6-5-12(18)7-14(15)17/h5-9,11H,1-4H3,(H,19,22)/t9-,11-/m1/s1. The number of halogens is 2. The SMILES string of the molecule is Cc1nn(C)cc1[C@@H](C)NC(=O)[C@@H](C)Oc1ccc(F)cc1Cl. The lowest BCUT2D eigenvalue weighted by molar-refractivity contribution is -0.127. The Hall–Kier alpha value is -2.08. The lowest BCUT2D eigenvalue weighted by Crippen LogP contribution is -2.37. The van der Waals surface area contributed by atoms with E-state index in [2.05, 4.69) is 10.4 Å². The third-order valence-corrected chi connectivity index (χ3v) is 3.74. The second-order valence-electron chi connectivity index (χ2n) is 5.41. The molecular weight excluding hydrogens is 321 g/mol. The van der Waals surface area contributed by atoms with Gasteiger partial charge in [-0.3, -0.25) is 9.48 Å². The van der Waals surface area contributed by atoms with E-state index in [0.717, 1.165) is 17.3 Å². The van der Waals surface area contributed by atoms with Gasteiger partial charge < -0.3 is 10.1 Å². The summed E-state index contributed by atoms with van der Waals surface area (Å²) in [5.41, 5.74) is 1.79. The van der Waals surface area contributed by atoms with E-state index in [1.54, 1.807) is 11.6 Å². The number of amides is 1. The molecule has 0 radical (unpaired) electrons. The van der Waals surface area contributed by atoms with Gasteiger partial charge in [-0.1, -0.05) is 11.6 Å². The van der Waals surface area contributed by atoms with Crippen molar-refractivity contribution in [2.75, 3.05) is 0 Å². The van der Waals surface area contributed by atoms with Crippen LogP contribution in [-0.4, -0.2) is 21.8 Å². The van der Waals surface area contributed by atoms with Crippen molar-refractivity contribution in [3.63, 3.8) is 0 Å². The van der Waals surface area contributed by atoms with Gasteiger partial charge in [0.15, 0.2) is 6.10 Å². The van der Waals surface area contributed by atoms with Crippen molar-refractivity contribution >= 4 is 17.5 Å². The number of rotatable bonds is 5. The fourth-order valence-electron chi connectivity index (χ4n) is 2.27. The van der Waals surface area contributed by atoms with Crippen LogP contribution in [0, 0.1) is 12.7 Å². The topological polar surface area (TPSA) is 56.2 Å². The van der Waals surface area contributed by atoms with Crippen LogP contribution in [0.3, 0.4) is 0 Å². The first-order valence-electron chi connectivity index (χ1n) is 7.20. The van der Waals surface area contributed by atoms with Crippen molar-refractivity contribution in [1.82, 2.24) is 15.1 Å². The van der Waals surface area contributed by atoms with E-state index in [-0.39, 0.29) is 22.7 Å². The number of hydrogen-bond acceptors (Lipinski definition) is 3. The van der Waals surface area contributed by atoms with Crippen LogP contribution in [0.2, 0.25) is 5.02 Å². The second kappa shape index (κ2) is 7.00. The zero-order valence-corrected chi connectivity index (χ0v) is 14.2. The summed E-state index contributed by atoms with van der Waals surface area (Å²) in [5.74, 6) is -0.484. The van der Waals surface area contributed by atoms with Gasteiger partial charge in [-0.15, -0.1) is 0 Å². The molecule has 0 unspecified atom stereocenters. The fourth-order valence-corrected chi connectivity index (χ4v) is 2.48. The Morgan fingerprint density at radius 2 is 2.13 bits per heavy atom. The summed E-state index contributed by atoms with van der Waals surface area (Å²) in [4.78, 5) is 12.2. The number of hydrogen-bond donors (Lipinski definition) is 1. The number of carbonyl (C=O) groups is 1. The molecule has 0 saturated carbocycles. The number of benzene rings is 1. The largest absolute Gasteiger partial charge is 0.479 e. The maximum atomic E-state index is 13.0. The molecule has 0 saturated heterocycles. The molecule has 2 aromatic rings. The van der Waals surface area contributed by atoms with E-state index in [4.69, 9.17) is 16.3 Å². The Morgan fingerprint density at radius 3 is 2.70 bits per heavy atom. The third kappa shape index (κ3) is 4.22. The van der Waals surface area contributed by atoms with Crippen LogP contribution in [0.5, 0.6) is 5.75 Å². The van der Waals surface area contributed by atoms with Crippen LogP contribution >= 0.6 is 11.6 Å². The van der Waals surface area contributed by atoms with Gasteiger partial charge in [0.05, 0.1) is 16.8 Å². The van der Waals surface area contributed by atoms with E-state index < -0.39 is 11.9 Å². The number of carbonyl (C=O) groups excluding carboxylic acids is 1. The number of nitrogens with zero attached hydrogens (tertiary/aromatic N) is 2. The monoisotopic (exact) mass is 339 g/mol. The van der Waals surface area contributed by atoms with Gasteiger partial charge in [0, 0.05) is 18.8 Å². The molecule has 23 heavy (non-hydrogen) atoms. The molecular formula is C16H19ClFN3O2. The molecule has 0 bridgehead atoms. The Labute approximate surface area is 139 Å². The fraction of sp³-hybridized carbons (Fsp3) is 0.375. The normalized spacial score (nSPS) is 13.5. The van der Waals surface area contributed by atoms with Crippen molar-refractivity contribution in [2.45, 2.75) is 32.9 Å². The minimum Gasteiger partial charge on any atom is -0.479 e. The summed E-state index contributed by atoms with van der Waals surface area (Å²) in [6, 6.07) is 3.57. The lowest BCUT2D eigenvalue weighted by Gasteiger charge is -2.19. The van der Waals surface area contributed by atoms with E-state index in [1.165, 1.54) is 12.1 Å². The van der Waals surface area contributed by atoms with Crippen molar-refractivity contribution in [3.05, 3.63) is 46.5 Å². The maximum absolute atomic E-state index is 13.0. The summed E-state index contributed by atoms with van der Waals surface area (Å²) >= 11 is 5.90. The first-order chi connectivity index (χ1) is 10.8. The van der Waals surface area contributed by atoms with E-state index in [0.29, 0.717) is 0 Å². The van der Waals surface area contributed by atoms with Crippen LogP contribution in [0.4, 0.5) is 4.39 Å². The summed E-state index contributed by atoms with van der Waals surface area (Å²) < 4.78 is 20.2. The molecule has 1 N–H and O–H groups in total. The quantitative estimate of drug-likeness (QED) is 0.910. The zero-order chi connectivity index (χ0) is 17.1. The van der Waals surface area contributed by atoms with E-state index in [9.17, 15) is 9.18 Å². The van der Waals surface area contributed by atoms with Gasteiger partial charge in [-0.2, -0.15) is 5.10 Å². The van der Waals surface area contributed by atoms with Gasteiger partial charge in [0.1, 0.15) is 11.6 Å². The molecule has 0 spiro atoms. The first-order valence-corrected chi connectivity index (χ1v) is 7.58. The third-order valence-electron chi connectivity index (χ3n) is 3.44. The van der Waals surface area contributed by atoms with Gasteiger partial charge in [0.2, 0.25) is 0 Å². The van der Waals surface area contributed by atoms with Gasteiger partial charge in [-0.25, -0.2) is 4.39 Å². The molecule has 2 atom stereocenters. The number of nitrogens with one attached hydrogen (secondary N) is 1. The highest BCUT2D eigenvalue weighted by Crippen LogP contribution is 2.26. The summed E-state index contributed by atoms with van der Waals surface area (Å²) in [6.07, 6.45) is 1.10. The van der Waals surface area contributed by atoms with E-state index in [1.807, 2.05) is 27.1 Å². The molecule has 5 nitrogen and oxygen atoms in total. The van der Waals surface area contributed by atoms with Gasteiger partial charge >= 0.3 is 0 Å². The smallest absolute Gasteiger partial charge is 0.261 e. The number of aromatic nitrogens is 2. The van der Waals surface area contributed by atoms with Crippen LogP contribution in [0.25, 0.3) is 0 Å². The van der Waals surface area contributed by atoms with Crippen LogP contribution < -0.4 is 10.1 Å². The van der Waals surface area contributed by atoms with Crippen molar-refractivity contribution in [3.8, 4) is 5.75 Å². The van der Waals surface area contributed by atoms with Crippen LogP contribution in [-0.2, 0) is 11.8 Å². The molecule has 1 amide bonds. The van der Waals surface area contributed by atoms with Crippen molar-refractivity contribution < 1.29 is 13.9 Å². The highest BCUT2D eigenvalue weighted by Gasteiger charge is 2.20. The molecule has 1 aromatic carbocycles. The van der Waals surface area contributed by atoms with Gasteiger partial charge in [0.25, 0.3) is 5.91 Å². The zero-order valence-electron chi connectivity index (χ0n) is 13.4. The number of aryl methyl sites for hydroxylation is 2. The first kappa shape index (κ1) is 17.3. The highest BCUT2D eigenvalue weighted by molar-refractivity contribution is 6.32. The predicted octanol–water partition coefficient (Wildman–Crippen LogP) is 3.17. The molecule has 2 rings (SSSR count). The van der Waals surface area contributed by atoms with Crippen molar-refractivity contribution in [1.29, 1.82) is 0 Å².